The van der Waals surface area contributed by atoms with Gasteiger partial charge in [0, 0.05) is 31.3 Å². The number of amides is 1. The summed E-state index contributed by atoms with van der Waals surface area (Å²) < 4.78 is 1.69. The zero-order valence-electron chi connectivity index (χ0n) is 13.6. The molecule has 3 N–H and O–H groups in total. The van der Waals surface area contributed by atoms with Crippen molar-refractivity contribution in [3.8, 4) is 0 Å². The maximum atomic E-state index is 12.4. The normalized spacial score (nSPS) is 23.1. The fraction of sp³-hybridized carbons (Fsp3) is 0.750. The van der Waals surface area contributed by atoms with E-state index in [2.05, 4.69) is 31.2 Å². The maximum absolute atomic E-state index is 12.4. The highest BCUT2D eigenvalue weighted by atomic mass is 16.2. The molecule has 5 nitrogen and oxygen atoms in total. The van der Waals surface area contributed by atoms with E-state index >= 15 is 0 Å². The molecule has 1 aliphatic carbocycles. The number of hydrogen-bond donors (Lipinski definition) is 2. The SMILES string of the molecule is Cn1cc(CN)c(NC(=O)C2CCC(C(C)(C)C)CC2)n1. The number of carbonyl (C=O) groups excluding carboxylic acids is 1. The third-order valence-electron chi connectivity index (χ3n) is 4.69. The summed E-state index contributed by atoms with van der Waals surface area (Å²) in [6, 6.07) is 0. The van der Waals surface area contributed by atoms with Gasteiger partial charge in [-0.15, -0.1) is 0 Å². The summed E-state index contributed by atoms with van der Waals surface area (Å²) >= 11 is 0. The van der Waals surface area contributed by atoms with Gasteiger partial charge in [0.25, 0.3) is 0 Å². The lowest BCUT2D eigenvalue weighted by Crippen LogP contribution is -2.31. The molecule has 1 aliphatic rings. The van der Waals surface area contributed by atoms with Gasteiger partial charge in [0.1, 0.15) is 0 Å². The number of carbonyl (C=O) groups is 1. The largest absolute Gasteiger partial charge is 0.326 e. The van der Waals surface area contributed by atoms with Gasteiger partial charge in [0.05, 0.1) is 0 Å². The van der Waals surface area contributed by atoms with Gasteiger partial charge < -0.3 is 11.1 Å². The van der Waals surface area contributed by atoms with Gasteiger partial charge in [0.15, 0.2) is 5.82 Å². The molecular formula is C16H28N4O. The summed E-state index contributed by atoms with van der Waals surface area (Å²) in [7, 11) is 1.84. The molecule has 1 saturated carbocycles. The zero-order chi connectivity index (χ0) is 15.6. The summed E-state index contributed by atoms with van der Waals surface area (Å²) in [5.41, 5.74) is 6.91. The van der Waals surface area contributed by atoms with Crippen molar-refractivity contribution >= 4 is 11.7 Å². The van der Waals surface area contributed by atoms with Crippen LogP contribution in [0.2, 0.25) is 0 Å². The number of aryl methyl sites for hydroxylation is 1. The van der Waals surface area contributed by atoms with Crippen molar-refractivity contribution in [2.75, 3.05) is 5.32 Å². The number of nitrogens with two attached hydrogens (primary N) is 1. The van der Waals surface area contributed by atoms with Crippen LogP contribution in [0.25, 0.3) is 0 Å². The van der Waals surface area contributed by atoms with Crippen LogP contribution in [0.3, 0.4) is 0 Å². The van der Waals surface area contributed by atoms with Crippen molar-refractivity contribution in [1.82, 2.24) is 9.78 Å². The first-order valence-electron chi connectivity index (χ1n) is 7.84. The molecule has 0 aromatic carbocycles. The first-order chi connectivity index (χ1) is 9.81. The third kappa shape index (κ3) is 3.84. The quantitative estimate of drug-likeness (QED) is 0.899. The Kier molecular flexibility index (Phi) is 4.71. The Morgan fingerprint density at radius 1 is 1.38 bits per heavy atom. The number of aromatic nitrogens is 2. The lowest BCUT2D eigenvalue weighted by Gasteiger charge is -2.36. The molecule has 1 heterocycles. The van der Waals surface area contributed by atoms with Crippen molar-refractivity contribution in [2.24, 2.45) is 30.0 Å². The van der Waals surface area contributed by atoms with E-state index < -0.39 is 0 Å². The van der Waals surface area contributed by atoms with Crippen LogP contribution in [0.1, 0.15) is 52.0 Å². The molecule has 5 heteroatoms. The second-order valence-corrected chi connectivity index (χ2v) is 7.28. The maximum Gasteiger partial charge on any atom is 0.228 e. The minimum Gasteiger partial charge on any atom is -0.326 e. The lowest BCUT2D eigenvalue weighted by molar-refractivity contribution is -0.121. The molecule has 21 heavy (non-hydrogen) atoms. The molecule has 118 valence electrons. The van der Waals surface area contributed by atoms with Crippen LogP contribution in [-0.4, -0.2) is 15.7 Å². The standard InChI is InChI=1S/C16H28N4O/c1-16(2,3)13-7-5-11(6-8-13)15(21)18-14-12(9-17)10-20(4)19-14/h10-11,13H,5-9,17H2,1-4H3,(H,18,19,21). The molecule has 0 aliphatic heterocycles. The summed E-state index contributed by atoms with van der Waals surface area (Å²) in [5.74, 6) is 1.53. The van der Waals surface area contributed by atoms with Crippen LogP contribution in [-0.2, 0) is 18.4 Å². The van der Waals surface area contributed by atoms with Gasteiger partial charge in [-0.05, 0) is 37.0 Å². The monoisotopic (exact) mass is 292 g/mol. The molecule has 0 spiro atoms. The predicted octanol–water partition coefficient (Wildman–Crippen LogP) is 2.67. The summed E-state index contributed by atoms with van der Waals surface area (Å²) in [4.78, 5) is 12.4. The Hall–Kier alpha value is -1.36. The highest BCUT2D eigenvalue weighted by Crippen LogP contribution is 2.40. The molecule has 1 amide bonds. The number of nitrogens with zero attached hydrogens (tertiary/aromatic N) is 2. The number of hydrogen-bond acceptors (Lipinski definition) is 3. The van der Waals surface area contributed by atoms with Crippen molar-refractivity contribution in [1.29, 1.82) is 0 Å². The van der Waals surface area contributed by atoms with Gasteiger partial charge >= 0.3 is 0 Å². The summed E-state index contributed by atoms with van der Waals surface area (Å²) in [6.45, 7) is 7.26. The molecule has 1 aromatic heterocycles. The average molecular weight is 292 g/mol. The van der Waals surface area contributed by atoms with Crippen LogP contribution in [0.4, 0.5) is 5.82 Å². The second-order valence-electron chi connectivity index (χ2n) is 7.28. The minimum absolute atomic E-state index is 0.0933. The molecule has 0 unspecified atom stereocenters. The number of anilines is 1. The minimum atomic E-state index is 0.0933. The van der Waals surface area contributed by atoms with Crippen molar-refractivity contribution < 1.29 is 4.79 Å². The smallest absolute Gasteiger partial charge is 0.228 e. The lowest BCUT2D eigenvalue weighted by atomic mass is 9.69. The van der Waals surface area contributed by atoms with E-state index in [1.54, 1.807) is 4.68 Å². The second kappa shape index (κ2) is 6.18. The van der Waals surface area contributed by atoms with E-state index in [-0.39, 0.29) is 11.8 Å². The molecule has 2 rings (SSSR count). The fourth-order valence-corrected chi connectivity index (χ4v) is 3.23. The van der Waals surface area contributed by atoms with Crippen LogP contribution in [0, 0.1) is 17.3 Å². The number of rotatable bonds is 3. The van der Waals surface area contributed by atoms with Gasteiger partial charge in [-0.1, -0.05) is 20.8 Å². The topological polar surface area (TPSA) is 72.9 Å². The van der Waals surface area contributed by atoms with Gasteiger partial charge in [-0.2, -0.15) is 5.10 Å². The zero-order valence-corrected chi connectivity index (χ0v) is 13.6. The first-order valence-corrected chi connectivity index (χ1v) is 7.84. The van der Waals surface area contributed by atoms with E-state index in [0.29, 0.717) is 17.8 Å². The highest BCUT2D eigenvalue weighted by Gasteiger charge is 2.32. The van der Waals surface area contributed by atoms with E-state index in [1.165, 1.54) is 0 Å². The fourth-order valence-electron chi connectivity index (χ4n) is 3.23. The highest BCUT2D eigenvalue weighted by molar-refractivity contribution is 5.92. The van der Waals surface area contributed by atoms with Gasteiger partial charge in [-0.25, -0.2) is 0 Å². The number of nitrogens with one attached hydrogen (secondary N) is 1. The van der Waals surface area contributed by atoms with Crippen LogP contribution in [0.15, 0.2) is 6.20 Å². The Morgan fingerprint density at radius 2 is 2.00 bits per heavy atom. The predicted molar refractivity (Wildman–Crippen MR) is 84.6 cm³/mol. The van der Waals surface area contributed by atoms with Crippen LogP contribution < -0.4 is 11.1 Å². The molecule has 0 bridgehead atoms. The van der Waals surface area contributed by atoms with Gasteiger partial charge in [0.2, 0.25) is 5.91 Å². The summed E-state index contributed by atoms with van der Waals surface area (Å²) in [6.07, 6.45) is 6.06. The molecular weight excluding hydrogens is 264 g/mol. The third-order valence-corrected chi connectivity index (χ3v) is 4.69. The van der Waals surface area contributed by atoms with E-state index in [4.69, 9.17) is 5.73 Å². The Morgan fingerprint density at radius 3 is 2.52 bits per heavy atom. The molecule has 1 aromatic rings. The average Bonchev–Trinajstić information content (AvgIpc) is 2.78. The van der Waals surface area contributed by atoms with Crippen molar-refractivity contribution in [3.05, 3.63) is 11.8 Å². The molecule has 0 saturated heterocycles. The van der Waals surface area contributed by atoms with Gasteiger partial charge in [-0.3, -0.25) is 9.48 Å². The van der Waals surface area contributed by atoms with Crippen molar-refractivity contribution in [2.45, 2.75) is 53.0 Å². The summed E-state index contributed by atoms with van der Waals surface area (Å²) in [5, 5.41) is 7.23. The Bertz CT molecular complexity index is 493. The van der Waals surface area contributed by atoms with Crippen LogP contribution in [0.5, 0.6) is 0 Å². The van der Waals surface area contributed by atoms with Crippen molar-refractivity contribution in [3.63, 3.8) is 0 Å². The van der Waals surface area contributed by atoms with Crippen LogP contribution >= 0.6 is 0 Å². The molecule has 0 radical (unpaired) electrons. The van der Waals surface area contributed by atoms with E-state index in [9.17, 15) is 4.79 Å². The molecule has 1 fully saturated rings. The first kappa shape index (κ1) is 16.0. The van der Waals surface area contributed by atoms with E-state index in [1.807, 2.05) is 13.2 Å². The molecule has 0 atom stereocenters. The Labute approximate surface area is 127 Å². The van der Waals surface area contributed by atoms with E-state index in [0.717, 1.165) is 37.2 Å². The Balaban J connectivity index is 1.93.